The summed E-state index contributed by atoms with van der Waals surface area (Å²) in [5.74, 6) is 0.433. The van der Waals surface area contributed by atoms with Crippen LogP contribution in [0.2, 0.25) is 0 Å². The maximum absolute atomic E-state index is 13.2. The van der Waals surface area contributed by atoms with Gasteiger partial charge in [-0.2, -0.15) is 0 Å². The first-order chi connectivity index (χ1) is 13.6. The molecule has 0 aliphatic heterocycles. The van der Waals surface area contributed by atoms with Gasteiger partial charge in [0.15, 0.2) is 10.8 Å². The van der Waals surface area contributed by atoms with Crippen molar-refractivity contribution in [1.29, 1.82) is 0 Å². The van der Waals surface area contributed by atoms with Crippen LogP contribution in [-0.4, -0.2) is 27.9 Å². The largest absolute Gasteiger partial charge is 0.310 e. The minimum atomic E-state index is -0.0967. The van der Waals surface area contributed by atoms with Gasteiger partial charge in [0.1, 0.15) is 4.88 Å². The van der Waals surface area contributed by atoms with Crippen molar-refractivity contribution >= 4 is 22.9 Å². The van der Waals surface area contributed by atoms with Gasteiger partial charge in [-0.1, -0.05) is 48.5 Å². The normalized spacial score (nSPS) is 10.6. The molecule has 0 fully saturated rings. The average molecular weight is 386 g/mol. The Morgan fingerprint density at radius 3 is 2.36 bits per heavy atom. The first-order valence-electron chi connectivity index (χ1n) is 8.82. The molecule has 0 aliphatic carbocycles. The summed E-state index contributed by atoms with van der Waals surface area (Å²) in [6.45, 7) is 1.84. The molecule has 4 rings (SSSR count). The van der Waals surface area contributed by atoms with Gasteiger partial charge in [0, 0.05) is 25.0 Å². The standard InChI is InChI=1S/C22H18N4OS/c1-15-19(28-21(25-15)20-23-13-8-14-24-20)22(27)26(2)18-12-7-6-11-17(18)16-9-4-3-5-10-16/h3-14H,1-2H3. The third-order valence-corrected chi connectivity index (χ3v) is 5.54. The lowest BCUT2D eigenvalue weighted by Crippen LogP contribution is -2.26. The van der Waals surface area contributed by atoms with E-state index in [0.717, 1.165) is 16.8 Å². The van der Waals surface area contributed by atoms with Crippen LogP contribution in [0.1, 0.15) is 15.4 Å². The van der Waals surface area contributed by atoms with Crippen molar-refractivity contribution in [1.82, 2.24) is 15.0 Å². The monoisotopic (exact) mass is 386 g/mol. The van der Waals surface area contributed by atoms with Gasteiger partial charge >= 0.3 is 0 Å². The quantitative estimate of drug-likeness (QED) is 0.503. The number of thiazole rings is 1. The highest BCUT2D eigenvalue weighted by Gasteiger charge is 2.23. The molecule has 5 nitrogen and oxygen atoms in total. The van der Waals surface area contributed by atoms with E-state index in [-0.39, 0.29) is 5.91 Å². The topological polar surface area (TPSA) is 59.0 Å². The van der Waals surface area contributed by atoms with Crippen LogP contribution in [0.25, 0.3) is 22.0 Å². The summed E-state index contributed by atoms with van der Waals surface area (Å²) in [5, 5.41) is 0.645. The number of benzene rings is 2. The molecule has 0 radical (unpaired) electrons. The van der Waals surface area contributed by atoms with Gasteiger partial charge in [-0.3, -0.25) is 4.79 Å². The van der Waals surface area contributed by atoms with Crippen molar-refractivity contribution in [3.05, 3.63) is 83.6 Å². The maximum Gasteiger partial charge on any atom is 0.270 e. The molecule has 0 bridgehead atoms. The van der Waals surface area contributed by atoms with Crippen molar-refractivity contribution in [2.45, 2.75) is 6.92 Å². The lowest BCUT2D eigenvalue weighted by Gasteiger charge is -2.20. The van der Waals surface area contributed by atoms with Crippen LogP contribution in [0.4, 0.5) is 5.69 Å². The third-order valence-electron chi connectivity index (χ3n) is 4.40. The Hall–Kier alpha value is -3.38. The van der Waals surface area contributed by atoms with E-state index in [2.05, 4.69) is 15.0 Å². The van der Waals surface area contributed by atoms with Crippen molar-refractivity contribution in [2.75, 3.05) is 11.9 Å². The first-order valence-corrected chi connectivity index (χ1v) is 9.64. The van der Waals surface area contributed by atoms with E-state index >= 15 is 0 Å². The zero-order chi connectivity index (χ0) is 19.5. The summed E-state index contributed by atoms with van der Waals surface area (Å²) >= 11 is 1.32. The molecule has 0 saturated carbocycles. The van der Waals surface area contributed by atoms with E-state index < -0.39 is 0 Å². The van der Waals surface area contributed by atoms with Crippen LogP contribution < -0.4 is 4.90 Å². The fourth-order valence-electron chi connectivity index (χ4n) is 2.99. The smallest absolute Gasteiger partial charge is 0.270 e. The zero-order valence-electron chi connectivity index (χ0n) is 15.5. The van der Waals surface area contributed by atoms with Crippen molar-refractivity contribution in [3.63, 3.8) is 0 Å². The molecule has 138 valence electrons. The second-order valence-electron chi connectivity index (χ2n) is 6.25. The van der Waals surface area contributed by atoms with Gasteiger partial charge in [0.2, 0.25) is 0 Å². The average Bonchev–Trinajstić information content (AvgIpc) is 3.15. The van der Waals surface area contributed by atoms with E-state index in [1.807, 2.05) is 61.5 Å². The summed E-state index contributed by atoms with van der Waals surface area (Å²) in [6, 6.07) is 19.7. The molecule has 2 aromatic carbocycles. The molecule has 1 amide bonds. The Morgan fingerprint density at radius 1 is 0.929 bits per heavy atom. The Balaban J connectivity index is 1.70. The van der Waals surface area contributed by atoms with E-state index in [9.17, 15) is 4.79 Å². The molecule has 0 N–H and O–H groups in total. The SMILES string of the molecule is Cc1nc(-c2ncccn2)sc1C(=O)N(C)c1ccccc1-c1ccccc1. The van der Waals surface area contributed by atoms with Gasteiger partial charge in [0.05, 0.1) is 11.4 Å². The summed E-state index contributed by atoms with van der Waals surface area (Å²) in [4.78, 5) is 28.5. The molecule has 0 saturated heterocycles. The number of carbonyl (C=O) groups is 1. The Bertz CT molecular complexity index is 1110. The highest BCUT2D eigenvalue weighted by atomic mass is 32.1. The van der Waals surface area contributed by atoms with Gasteiger partial charge in [-0.15, -0.1) is 11.3 Å². The number of aryl methyl sites for hydroxylation is 1. The predicted octanol–water partition coefficient (Wildman–Crippen LogP) is 4.85. The minimum Gasteiger partial charge on any atom is -0.310 e. The van der Waals surface area contributed by atoms with Crippen LogP contribution in [0.3, 0.4) is 0 Å². The highest BCUT2D eigenvalue weighted by molar-refractivity contribution is 7.17. The second kappa shape index (κ2) is 7.70. The Kier molecular flexibility index (Phi) is 4.95. The van der Waals surface area contributed by atoms with Crippen LogP contribution >= 0.6 is 11.3 Å². The predicted molar refractivity (Wildman–Crippen MR) is 112 cm³/mol. The number of carbonyl (C=O) groups excluding carboxylic acids is 1. The maximum atomic E-state index is 13.2. The molecule has 0 unspecified atom stereocenters. The van der Waals surface area contributed by atoms with Crippen molar-refractivity contribution in [3.8, 4) is 22.0 Å². The van der Waals surface area contributed by atoms with Gasteiger partial charge in [0.25, 0.3) is 5.91 Å². The first kappa shape index (κ1) is 18.0. The molecule has 0 spiro atoms. The van der Waals surface area contributed by atoms with Crippen LogP contribution in [-0.2, 0) is 0 Å². The summed E-state index contributed by atoms with van der Waals surface area (Å²) in [7, 11) is 1.79. The molecular weight excluding hydrogens is 368 g/mol. The molecular formula is C22H18N4OS. The van der Waals surface area contributed by atoms with Crippen LogP contribution in [0, 0.1) is 6.92 Å². The van der Waals surface area contributed by atoms with Crippen molar-refractivity contribution < 1.29 is 4.79 Å². The molecule has 2 heterocycles. The summed E-state index contributed by atoms with van der Waals surface area (Å²) in [5.41, 5.74) is 3.61. The van der Waals surface area contributed by atoms with Gasteiger partial charge < -0.3 is 4.90 Å². The molecule has 0 aliphatic rings. The zero-order valence-corrected chi connectivity index (χ0v) is 16.4. The summed E-state index contributed by atoms with van der Waals surface area (Å²) < 4.78 is 0. The van der Waals surface area contributed by atoms with Crippen molar-refractivity contribution in [2.24, 2.45) is 0 Å². The van der Waals surface area contributed by atoms with Crippen LogP contribution in [0.15, 0.2) is 73.1 Å². The van der Waals surface area contributed by atoms with E-state index in [0.29, 0.717) is 21.4 Å². The van der Waals surface area contributed by atoms with E-state index in [1.54, 1.807) is 30.4 Å². The fourth-order valence-corrected chi connectivity index (χ4v) is 3.98. The second-order valence-corrected chi connectivity index (χ2v) is 7.25. The molecule has 6 heteroatoms. The number of rotatable bonds is 4. The number of amides is 1. The summed E-state index contributed by atoms with van der Waals surface area (Å²) in [6.07, 6.45) is 3.34. The van der Waals surface area contributed by atoms with Gasteiger partial charge in [-0.25, -0.2) is 15.0 Å². The Labute approximate surface area is 167 Å². The van der Waals surface area contributed by atoms with Crippen LogP contribution in [0.5, 0.6) is 0 Å². The lowest BCUT2D eigenvalue weighted by atomic mass is 10.0. The van der Waals surface area contributed by atoms with E-state index in [1.165, 1.54) is 11.3 Å². The van der Waals surface area contributed by atoms with Gasteiger partial charge in [-0.05, 0) is 24.6 Å². The minimum absolute atomic E-state index is 0.0967. The molecule has 4 aromatic rings. The number of anilines is 1. The number of para-hydroxylation sites is 1. The number of hydrogen-bond acceptors (Lipinski definition) is 5. The molecule has 28 heavy (non-hydrogen) atoms. The number of hydrogen-bond donors (Lipinski definition) is 0. The number of aromatic nitrogens is 3. The number of nitrogens with zero attached hydrogens (tertiary/aromatic N) is 4. The third kappa shape index (κ3) is 3.42. The lowest BCUT2D eigenvalue weighted by molar-refractivity contribution is 0.0996. The highest BCUT2D eigenvalue weighted by Crippen LogP contribution is 2.33. The molecule has 0 atom stereocenters. The molecule has 2 aromatic heterocycles. The Morgan fingerprint density at radius 2 is 1.61 bits per heavy atom. The fraction of sp³-hybridized carbons (Fsp3) is 0.0909. The van der Waals surface area contributed by atoms with E-state index in [4.69, 9.17) is 0 Å².